The van der Waals surface area contributed by atoms with Crippen LogP contribution in [0.25, 0.3) is 10.8 Å². The van der Waals surface area contributed by atoms with E-state index in [2.05, 4.69) is 37.0 Å². The first-order chi connectivity index (χ1) is 6.75. The van der Waals surface area contributed by atoms with Crippen molar-refractivity contribution in [2.24, 2.45) is 0 Å². The molecule has 0 bridgehead atoms. The molecule has 0 saturated heterocycles. The van der Waals surface area contributed by atoms with E-state index in [-0.39, 0.29) is 6.10 Å². The van der Waals surface area contributed by atoms with Gasteiger partial charge >= 0.3 is 0 Å². The number of aromatic amines is 1. The Morgan fingerprint density at radius 2 is 2.00 bits per heavy atom. The van der Waals surface area contributed by atoms with Crippen LogP contribution in [0.2, 0.25) is 0 Å². The first kappa shape index (κ1) is 9.28. The Hall–Kier alpha value is -1.28. The van der Waals surface area contributed by atoms with Gasteiger partial charge in [-0.3, -0.25) is 0 Å². The van der Waals surface area contributed by atoms with Crippen LogP contribution in [0, 0.1) is 0 Å². The zero-order valence-corrected chi connectivity index (χ0v) is 8.58. The van der Waals surface area contributed by atoms with Crippen molar-refractivity contribution in [1.82, 2.24) is 4.98 Å². The van der Waals surface area contributed by atoms with E-state index in [1.54, 1.807) is 0 Å². The van der Waals surface area contributed by atoms with Gasteiger partial charge < -0.3 is 9.72 Å². The second kappa shape index (κ2) is 3.84. The second-order valence-corrected chi connectivity index (χ2v) is 3.78. The number of fused-ring (bicyclic) bond motifs is 1. The minimum atomic E-state index is 0.289. The highest BCUT2D eigenvalue weighted by molar-refractivity contribution is 5.82. The van der Waals surface area contributed by atoms with Crippen molar-refractivity contribution in [3.05, 3.63) is 36.2 Å². The molecule has 0 amide bonds. The lowest BCUT2D eigenvalue weighted by Crippen LogP contribution is -2.01. The molecule has 1 heterocycles. The average molecular weight is 189 g/mol. The summed E-state index contributed by atoms with van der Waals surface area (Å²) in [6.45, 7) is 4.79. The number of hydrogen-bond donors (Lipinski definition) is 1. The van der Waals surface area contributed by atoms with E-state index in [1.807, 2.05) is 12.4 Å². The van der Waals surface area contributed by atoms with Crippen LogP contribution in [0.4, 0.5) is 0 Å². The molecule has 1 aromatic carbocycles. The van der Waals surface area contributed by atoms with Crippen molar-refractivity contribution in [3.63, 3.8) is 0 Å². The molecular weight excluding hydrogens is 174 g/mol. The minimum absolute atomic E-state index is 0.289. The highest BCUT2D eigenvalue weighted by atomic mass is 16.5. The topological polar surface area (TPSA) is 25.0 Å². The monoisotopic (exact) mass is 189 g/mol. The summed E-state index contributed by atoms with van der Waals surface area (Å²) in [5.41, 5.74) is 1.23. The molecule has 1 N–H and O–H groups in total. The summed E-state index contributed by atoms with van der Waals surface area (Å²) < 4.78 is 5.54. The molecule has 0 aliphatic rings. The van der Waals surface area contributed by atoms with E-state index in [9.17, 15) is 0 Å². The number of nitrogens with one attached hydrogen (secondary N) is 1. The van der Waals surface area contributed by atoms with E-state index in [0.29, 0.717) is 6.61 Å². The van der Waals surface area contributed by atoms with E-state index < -0.39 is 0 Å². The van der Waals surface area contributed by atoms with Gasteiger partial charge in [0.2, 0.25) is 0 Å². The SMILES string of the molecule is CC(C)OCc1ccc2c[nH]cc2c1. The van der Waals surface area contributed by atoms with Crippen LogP contribution in [0.1, 0.15) is 19.4 Å². The standard InChI is InChI=1S/C12H15NO/c1-9(2)14-8-10-3-4-11-6-13-7-12(11)5-10/h3-7,9,13H,8H2,1-2H3. The molecule has 14 heavy (non-hydrogen) atoms. The van der Waals surface area contributed by atoms with Crippen molar-refractivity contribution in [2.45, 2.75) is 26.6 Å². The Morgan fingerprint density at radius 1 is 1.21 bits per heavy atom. The molecule has 2 rings (SSSR count). The second-order valence-electron chi connectivity index (χ2n) is 3.78. The maximum Gasteiger partial charge on any atom is 0.0720 e. The lowest BCUT2D eigenvalue weighted by molar-refractivity contribution is 0.0658. The Labute approximate surface area is 83.9 Å². The van der Waals surface area contributed by atoms with Gasteiger partial charge in [-0.15, -0.1) is 0 Å². The molecule has 2 nitrogen and oxygen atoms in total. The van der Waals surface area contributed by atoms with Gasteiger partial charge in [-0.1, -0.05) is 12.1 Å². The zero-order valence-electron chi connectivity index (χ0n) is 8.58. The van der Waals surface area contributed by atoms with E-state index in [0.717, 1.165) is 0 Å². The predicted octanol–water partition coefficient (Wildman–Crippen LogP) is 3.09. The molecule has 74 valence electrons. The van der Waals surface area contributed by atoms with E-state index in [4.69, 9.17) is 4.74 Å². The lowest BCUT2D eigenvalue weighted by Gasteiger charge is -2.07. The highest BCUT2D eigenvalue weighted by Crippen LogP contribution is 2.15. The Kier molecular flexibility index (Phi) is 2.55. The van der Waals surface area contributed by atoms with Gasteiger partial charge in [0.1, 0.15) is 0 Å². The van der Waals surface area contributed by atoms with Gasteiger partial charge in [0.15, 0.2) is 0 Å². The largest absolute Gasteiger partial charge is 0.374 e. The molecule has 0 unspecified atom stereocenters. The third-order valence-electron chi connectivity index (χ3n) is 2.21. The molecule has 0 aliphatic heterocycles. The number of H-pyrrole nitrogens is 1. The summed E-state index contributed by atoms with van der Waals surface area (Å²) in [5, 5.41) is 2.49. The number of ether oxygens (including phenoxy) is 1. The van der Waals surface area contributed by atoms with Crippen molar-refractivity contribution in [1.29, 1.82) is 0 Å². The number of aromatic nitrogens is 1. The molecule has 2 aromatic rings. The number of hydrogen-bond acceptors (Lipinski definition) is 1. The van der Waals surface area contributed by atoms with Crippen molar-refractivity contribution < 1.29 is 4.74 Å². The normalized spacial score (nSPS) is 11.4. The fraction of sp³-hybridized carbons (Fsp3) is 0.333. The summed E-state index contributed by atoms with van der Waals surface area (Å²) in [5.74, 6) is 0. The van der Waals surface area contributed by atoms with Crippen LogP contribution in [0.15, 0.2) is 30.6 Å². The summed E-state index contributed by atoms with van der Waals surface area (Å²) in [6, 6.07) is 6.39. The van der Waals surface area contributed by atoms with Gasteiger partial charge in [-0.2, -0.15) is 0 Å². The quantitative estimate of drug-likeness (QED) is 0.788. The van der Waals surface area contributed by atoms with Crippen molar-refractivity contribution >= 4 is 10.8 Å². The van der Waals surface area contributed by atoms with Crippen LogP contribution >= 0.6 is 0 Å². The molecule has 0 aliphatic carbocycles. The Bertz CT molecular complexity index is 417. The molecule has 0 radical (unpaired) electrons. The van der Waals surface area contributed by atoms with Gasteiger partial charge in [-0.25, -0.2) is 0 Å². The molecule has 0 spiro atoms. The molecule has 0 saturated carbocycles. The number of rotatable bonds is 3. The molecule has 2 heteroatoms. The van der Waals surface area contributed by atoms with Crippen LogP contribution < -0.4 is 0 Å². The summed E-state index contributed by atoms with van der Waals surface area (Å²) in [6.07, 6.45) is 4.30. The third-order valence-corrected chi connectivity index (χ3v) is 2.21. The van der Waals surface area contributed by atoms with Gasteiger partial charge in [0, 0.05) is 12.4 Å². The summed E-state index contributed by atoms with van der Waals surface area (Å²) >= 11 is 0. The Morgan fingerprint density at radius 3 is 2.79 bits per heavy atom. The van der Waals surface area contributed by atoms with E-state index in [1.165, 1.54) is 16.3 Å². The summed E-state index contributed by atoms with van der Waals surface area (Å²) in [4.78, 5) is 3.09. The van der Waals surface area contributed by atoms with E-state index >= 15 is 0 Å². The van der Waals surface area contributed by atoms with Crippen LogP contribution in [0.5, 0.6) is 0 Å². The smallest absolute Gasteiger partial charge is 0.0720 e. The highest BCUT2D eigenvalue weighted by Gasteiger charge is 1.98. The Balaban J connectivity index is 2.17. The molecule has 0 atom stereocenters. The molecule has 0 fully saturated rings. The molecule has 1 aromatic heterocycles. The van der Waals surface area contributed by atoms with Crippen LogP contribution in [0.3, 0.4) is 0 Å². The average Bonchev–Trinajstić information content (AvgIpc) is 2.61. The van der Waals surface area contributed by atoms with Crippen molar-refractivity contribution in [3.8, 4) is 0 Å². The lowest BCUT2D eigenvalue weighted by atomic mass is 10.1. The maximum absolute atomic E-state index is 5.54. The van der Waals surface area contributed by atoms with Crippen molar-refractivity contribution in [2.75, 3.05) is 0 Å². The van der Waals surface area contributed by atoms with Gasteiger partial charge in [-0.05, 0) is 36.2 Å². The number of benzene rings is 1. The zero-order chi connectivity index (χ0) is 9.97. The van der Waals surface area contributed by atoms with Gasteiger partial charge in [0.05, 0.1) is 12.7 Å². The first-order valence-corrected chi connectivity index (χ1v) is 4.93. The third kappa shape index (κ3) is 1.96. The van der Waals surface area contributed by atoms with Gasteiger partial charge in [0.25, 0.3) is 0 Å². The summed E-state index contributed by atoms with van der Waals surface area (Å²) in [7, 11) is 0. The van der Waals surface area contributed by atoms with Crippen LogP contribution in [-0.2, 0) is 11.3 Å². The fourth-order valence-corrected chi connectivity index (χ4v) is 1.45. The first-order valence-electron chi connectivity index (χ1n) is 4.93. The fourth-order valence-electron chi connectivity index (χ4n) is 1.45. The maximum atomic E-state index is 5.54. The van der Waals surface area contributed by atoms with Crippen LogP contribution in [-0.4, -0.2) is 11.1 Å². The predicted molar refractivity (Wildman–Crippen MR) is 58.2 cm³/mol. The minimum Gasteiger partial charge on any atom is -0.374 e. The molecular formula is C12H15NO.